The van der Waals surface area contributed by atoms with Crippen LogP contribution in [0.2, 0.25) is 0 Å². The average molecular weight is 252 g/mol. The molecule has 106 valence electrons. The van der Waals surface area contributed by atoms with Crippen LogP contribution in [-0.2, 0) is 0 Å². The zero-order valence-electron chi connectivity index (χ0n) is 12.5. The number of rotatable bonds is 7. The lowest BCUT2D eigenvalue weighted by molar-refractivity contribution is 0.128. The fourth-order valence-electron chi connectivity index (χ4n) is 3.43. The monoisotopic (exact) mass is 252 g/mol. The smallest absolute Gasteiger partial charge is 0.00387 e. The number of nitrogens with two attached hydrogens (primary N) is 1. The fourth-order valence-corrected chi connectivity index (χ4v) is 3.43. The molecule has 2 nitrogen and oxygen atoms in total. The van der Waals surface area contributed by atoms with Gasteiger partial charge in [0.1, 0.15) is 0 Å². The third-order valence-corrected chi connectivity index (χ3v) is 5.20. The van der Waals surface area contributed by atoms with Crippen molar-refractivity contribution in [3.8, 4) is 0 Å². The van der Waals surface area contributed by atoms with Crippen molar-refractivity contribution >= 4 is 0 Å². The van der Waals surface area contributed by atoms with Crippen LogP contribution in [0.4, 0.5) is 0 Å². The van der Waals surface area contributed by atoms with Gasteiger partial charge in [0.15, 0.2) is 0 Å². The Morgan fingerprint density at radius 3 is 2.33 bits per heavy atom. The molecule has 18 heavy (non-hydrogen) atoms. The van der Waals surface area contributed by atoms with Gasteiger partial charge in [-0.15, -0.1) is 0 Å². The van der Waals surface area contributed by atoms with Crippen molar-refractivity contribution in [1.29, 1.82) is 0 Å². The Bertz CT molecular complexity index is 239. The van der Waals surface area contributed by atoms with E-state index in [0.717, 1.165) is 12.5 Å². The summed E-state index contributed by atoms with van der Waals surface area (Å²) in [6, 6.07) is 0.698. The van der Waals surface area contributed by atoms with Crippen molar-refractivity contribution < 1.29 is 0 Å². The molecule has 0 atom stereocenters. The Kier molecular flexibility index (Phi) is 5.08. The molecule has 2 aliphatic carbocycles. The molecule has 0 bridgehead atoms. The van der Waals surface area contributed by atoms with Crippen LogP contribution < -0.4 is 5.73 Å². The van der Waals surface area contributed by atoms with E-state index in [9.17, 15) is 0 Å². The number of hydrogen-bond acceptors (Lipinski definition) is 2. The largest absolute Gasteiger partial charge is 0.330 e. The molecule has 2 aliphatic rings. The van der Waals surface area contributed by atoms with E-state index >= 15 is 0 Å². The van der Waals surface area contributed by atoms with E-state index in [-0.39, 0.29) is 0 Å². The van der Waals surface area contributed by atoms with Crippen LogP contribution in [-0.4, -0.2) is 30.6 Å². The molecule has 2 heteroatoms. The molecule has 0 aromatic heterocycles. The molecule has 0 spiro atoms. The van der Waals surface area contributed by atoms with Gasteiger partial charge >= 0.3 is 0 Å². The van der Waals surface area contributed by atoms with Crippen LogP contribution in [0.1, 0.15) is 65.2 Å². The van der Waals surface area contributed by atoms with Gasteiger partial charge in [-0.2, -0.15) is 0 Å². The van der Waals surface area contributed by atoms with Gasteiger partial charge in [-0.3, -0.25) is 0 Å². The molecule has 2 rings (SSSR count). The predicted octanol–water partition coefficient (Wildman–Crippen LogP) is 3.41. The second-order valence-electron chi connectivity index (χ2n) is 7.05. The summed E-state index contributed by atoms with van der Waals surface area (Å²) >= 11 is 0. The van der Waals surface area contributed by atoms with E-state index in [1.54, 1.807) is 0 Å². The summed E-state index contributed by atoms with van der Waals surface area (Å²) in [5.74, 6) is 1.01. The van der Waals surface area contributed by atoms with Gasteiger partial charge in [-0.1, -0.05) is 19.3 Å². The molecule has 0 unspecified atom stereocenters. The zero-order chi connectivity index (χ0) is 13.0. The van der Waals surface area contributed by atoms with E-state index < -0.39 is 0 Å². The maximum Gasteiger partial charge on any atom is 0.00387 e. The van der Waals surface area contributed by atoms with Crippen LogP contribution in [0.15, 0.2) is 0 Å². The first-order chi connectivity index (χ1) is 8.65. The minimum Gasteiger partial charge on any atom is -0.330 e. The molecular formula is C16H32N2. The van der Waals surface area contributed by atoms with Crippen LogP contribution >= 0.6 is 0 Å². The number of nitrogens with zero attached hydrogens (tertiary/aromatic N) is 1. The normalized spacial score (nSPS) is 23.8. The van der Waals surface area contributed by atoms with Gasteiger partial charge in [-0.05, 0) is 70.4 Å². The molecule has 2 fully saturated rings. The second kappa shape index (κ2) is 6.38. The fraction of sp³-hybridized carbons (Fsp3) is 1.00. The predicted molar refractivity (Wildman–Crippen MR) is 78.6 cm³/mol. The van der Waals surface area contributed by atoms with Gasteiger partial charge in [0.2, 0.25) is 0 Å². The molecule has 0 aromatic rings. The topological polar surface area (TPSA) is 29.3 Å². The molecule has 2 saturated carbocycles. The molecular weight excluding hydrogens is 220 g/mol. The summed E-state index contributed by atoms with van der Waals surface area (Å²) in [4.78, 5) is 2.70. The van der Waals surface area contributed by atoms with E-state index in [0.29, 0.717) is 11.5 Å². The van der Waals surface area contributed by atoms with Crippen LogP contribution in [0.25, 0.3) is 0 Å². The van der Waals surface area contributed by atoms with E-state index in [2.05, 4.69) is 18.7 Å². The highest BCUT2D eigenvalue weighted by atomic mass is 15.1. The minimum atomic E-state index is 0.481. The third-order valence-electron chi connectivity index (χ3n) is 5.20. The van der Waals surface area contributed by atoms with Crippen LogP contribution in [0.5, 0.6) is 0 Å². The molecule has 0 aliphatic heterocycles. The lowest BCUT2D eigenvalue weighted by Crippen LogP contribution is -2.40. The third kappa shape index (κ3) is 3.96. The summed E-state index contributed by atoms with van der Waals surface area (Å²) < 4.78 is 0. The SMILES string of the molecule is CC(C)N(CCC1(CN)CCCCC1)CC1CC1. The van der Waals surface area contributed by atoms with Crippen molar-refractivity contribution in [3.63, 3.8) is 0 Å². The van der Waals surface area contributed by atoms with Crippen molar-refractivity contribution in [3.05, 3.63) is 0 Å². The lowest BCUT2D eigenvalue weighted by atomic mass is 9.72. The average Bonchev–Trinajstić information content (AvgIpc) is 3.19. The Labute approximate surface area is 113 Å². The summed E-state index contributed by atoms with van der Waals surface area (Å²) in [7, 11) is 0. The highest BCUT2D eigenvalue weighted by molar-refractivity contribution is 4.86. The summed E-state index contributed by atoms with van der Waals surface area (Å²) in [6.07, 6.45) is 11.2. The Morgan fingerprint density at radius 2 is 1.83 bits per heavy atom. The molecule has 0 saturated heterocycles. The number of hydrogen-bond donors (Lipinski definition) is 1. The standard InChI is InChI=1S/C16H32N2/c1-14(2)18(12-15-6-7-15)11-10-16(13-17)8-4-3-5-9-16/h14-15H,3-13,17H2,1-2H3. The maximum atomic E-state index is 6.10. The Balaban J connectivity index is 1.82. The summed E-state index contributed by atoms with van der Waals surface area (Å²) in [5, 5.41) is 0. The van der Waals surface area contributed by atoms with Crippen molar-refractivity contribution in [1.82, 2.24) is 4.90 Å². The molecule has 0 heterocycles. The first-order valence-corrected chi connectivity index (χ1v) is 8.09. The van der Waals surface area contributed by atoms with E-state index in [1.807, 2.05) is 0 Å². The van der Waals surface area contributed by atoms with Crippen molar-refractivity contribution in [2.75, 3.05) is 19.6 Å². The van der Waals surface area contributed by atoms with Gasteiger partial charge in [0, 0.05) is 12.6 Å². The highest BCUT2D eigenvalue weighted by Crippen LogP contribution is 2.39. The van der Waals surface area contributed by atoms with Crippen molar-refractivity contribution in [2.24, 2.45) is 17.1 Å². The second-order valence-corrected chi connectivity index (χ2v) is 7.05. The first-order valence-electron chi connectivity index (χ1n) is 8.09. The Morgan fingerprint density at radius 1 is 1.17 bits per heavy atom. The maximum absolute atomic E-state index is 6.10. The molecule has 0 aromatic carbocycles. The highest BCUT2D eigenvalue weighted by Gasteiger charge is 2.32. The van der Waals surface area contributed by atoms with Gasteiger partial charge in [0.05, 0.1) is 0 Å². The first kappa shape index (κ1) is 14.3. The minimum absolute atomic E-state index is 0.481. The van der Waals surface area contributed by atoms with Gasteiger partial charge < -0.3 is 10.6 Å². The Hall–Kier alpha value is -0.0800. The van der Waals surface area contributed by atoms with E-state index in [4.69, 9.17) is 5.73 Å². The summed E-state index contributed by atoms with van der Waals surface area (Å²) in [6.45, 7) is 8.20. The molecule has 0 amide bonds. The van der Waals surface area contributed by atoms with E-state index in [1.165, 1.54) is 64.5 Å². The zero-order valence-corrected chi connectivity index (χ0v) is 12.5. The quantitative estimate of drug-likeness (QED) is 0.752. The lowest BCUT2D eigenvalue weighted by Gasteiger charge is -2.39. The van der Waals surface area contributed by atoms with Crippen LogP contribution in [0.3, 0.4) is 0 Å². The van der Waals surface area contributed by atoms with Gasteiger partial charge in [-0.25, -0.2) is 0 Å². The van der Waals surface area contributed by atoms with Crippen molar-refractivity contribution in [2.45, 2.75) is 71.3 Å². The summed E-state index contributed by atoms with van der Waals surface area (Å²) in [5.41, 5.74) is 6.58. The molecule has 0 radical (unpaired) electrons. The van der Waals surface area contributed by atoms with Crippen LogP contribution in [0, 0.1) is 11.3 Å². The molecule has 2 N–H and O–H groups in total. The van der Waals surface area contributed by atoms with Gasteiger partial charge in [0.25, 0.3) is 0 Å².